The second-order valence-corrected chi connectivity index (χ2v) is 6.02. The molecular weight excluding hydrogens is 371 g/mol. The lowest BCUT2D eigenvalue weighted by molar-refractivity contribution is -0.188. The van der Waals surface area contributed by atoms with Gasteiger partial charge in [-0.15, -0.1) is 0 Å². The number of carbonyl (C=O) groups is 3. The molecule has 0 aromatic heterocycles. The van der Waals surface area contributed by atoms with Crippen LogP contribution in [0.5, 0.6) is 5.75 Å². The number of nitrogens with zero attached hydrogens (tertiary/aromatic N) is 1. The van der Waals surface area contributed by atoms with Crippen LogP contribution in [0.25, 0.3) is 0 Å². The van der Waals surface area contributed by atoms with Gasteiger partial charge in [-0.25, -0.2) is 4.79 Å². The van der Waals surface area contributed by atoms with Crippen LogP contribution < -0.4 is 15.4 Å². The van der Waals surface area contributed by atoms with Gasteiger partial charge in [0.2, 0.25) is 5.91 Å². The fraction of sp³-hybridized carbons (Fsp3) is 0.438. The minimum absolute atomic E-state index is 0.380. The van der Waals surface area contributed by atoms with Gasteiger partial charge in [0.25, 0.3) is 0 Å². The van der Waals surface area contributed by atoms with Crippen molar-refractivity contribution in [2.24, 2.45) is 11.8 Å². The highest BCUT2D eigenvalue weighted by atomic mass is 19.4. The molecule has 1 fully saturated rings. The molecule has 11 heteroatoms. The SMILES string of the molecule is COc1ccc(NC(=O)NC(=O)CN2C[C@@H](C(F)(F)F)[C@H](C(=O)O)C2)cc1. The molecule has 27 heavy (non-hydrogen) atoms. The normalized spacial score (nSPS) is 20.1. The Bertz CT molecular complexity index is 708. The van der Waals surface area contributed by atoms with Crippen LogP contribution in [0.3, 0.4) is 0 Å². The van der Waals surface area contributed by atoms with Crippen LogP contribution in [0.15, 0.2) is 24.3 Å². The summed E-state index contributed by atoms with van der Waals surface area (Å²) >= 11 is 0. The zero-order valence-corrected chi connectivity index (χ0v) is 14.2. The summed E-state index contributed by atoms with van der Waals surface area (Å²) < 4.78 is 43.7. The number of alkyl halides is 3. The molecular formula is C16H18F3N3O5. The zero-order valence-electron chi connectivity index (χ0n) is 14.2. The summed E-state index contributed by atoms with van der Waals surface area (Å²) in [4.78, 5) is 35.7. The van der Waals surface area contributed by atoms with Gasteiger partial charge in [0.15, 0.2) is 0 Å². The van der Waals surface area contributed by atoms with Crippen LogP contribution in [0.4, 0.5) is 23.7 Å². The highest BCUT2D eigenvalue weighted by Gasteiger charge is 2.52. The Morgan fingerprint density at radius 1 is 1.22 bits per heavy atom. The van der Waals surface area contributed by atoms with Gasteiger partial charge in [0, 0.05) is 18.8 Å². The lowest BCUT2D eigenvalue weighted by Gasteiger charge is -2.18. The standard InChI is InChI=1S/C16H18F3N3O5/c1-27-10-4-2-9(3-5-10)20-15(26)21-13(23)8-22-6-11(14(24)25)12(7-22)16(17,18)19/h2-5,11-12H,6-8H2,1H3,(H,24,25)(H2,20,21,23,26)/t11-,12-/m1/s1. The van der Waals surface area contributed by atoms with Gasteiger partial charge in [-0.1, -0.05) is 0 Å². The van der Waals surface area contributed by atoms with Crippen molar-refractivity contribution in [1.82, 2.24) is 10.2 Å². The quantitative estimate of drug-likeness (QED) is 0.705. The molecule has 0 spiro atoms. The largest absolute Gasteiger partial charge is 0.497 e. The van der Waals surface area contributed by atoms with Gasteiger partial charge < -0.3 is 15.2 Å². The second kappa shape index (κ2) is 8.25. The van der Waals surface area contributed by atoms with E-state index in [0.29, 0.717) is 11.4 Å². The summed E-state index contributed by atoms with van der Waals surface area (Å²) in [5, 5.41) is 13.3. The Morgan fingerprint density at radius 2 is 1.85 bits per heavy atom. The molecule has 3 amide bonds. The smallest absolute Gasteiger partial charge is 0.393 e. The van der Waals surface area contributed by atoms with E-state index in [2.05, 4.69) is 5.32 Å². The Labute approximate surface area is 152 Å². The Balaban J connectivity index is 1.87. The molecule has 1 aromatic carbocycles. The molecule has 1 heterocycles. The number of rotatable bonds is 5. The van der Waals surface area contributed by atoms with Crippen LogP contribution in [0.1, 0.15) is 0 Å². The van der Waals surface area contributed by atoms with E-state index < -0.39 is 55.6 Å². The molecule has 148 valence electrons. The molecule has 8 nitrogen and oxygen atoms in total. The van der Waals surface area contributed by atoms with Gasteiger partial charge in [-0.05, 0) is 24.3 Å². The lowest BCUT2D eigenvalue weighted by Crippen LogP contribution is -2.41. The first-order valence-corrected chi connectivity index (χ1v) is 7.87. The van der Waals surface area contributed by atoms with E-state index >= 15 is 0 Å². The monoisotopic (exact) mass is 389 g/mol. The molecule has 0 bridgehead atoms. The highest BCUT2D eigenvalue weighted by Crippen LogP contribution is 2.37. The molecule has 1 aliphatic rings. The van der Waals surface area contributed by atoms with Crippen molar-refractivity contribution in [2.45, 2.75) is 6.18 Å². The molecule has 1 aliphatic heterocycles. The van der Waals surface area contributed by atoms with Gasteiger partial charge >= 0.3 is 18.2 Å². The predicted molar refractivity (Wildman–Crippen MR) is 87.3 cm³/mol. The number of imide groups is 1. The Kier molecular flexibility index (Phi) is 6.26. The summed E-state index contributed by atoms with van der Waals surface area (Å²) in [6, 6.07) is 5.39. The minimum Gasteiger partial charge on any atom is -0.497 e. The van der Waals surface area contributed by atoms with E-state index in [-0.39, 0.29) is 0 Å². The number of carbonyl (C=O) groups excluding carboxylic acids is 2. The molecule has 1 saturated heterocycles. The first kappa shape index (κ1) is 20.5. The van der Waals surface area contributed by atoms with E-state index in [0.717, 1.165) is 4.90 Å². The molecule has 1 aromatic rings. The van der Waals surface area contributed by atoms with Crippen molar-refractivity contribution >= 4 is 23.6 Å². The number of urea groups is 1. The Morgan fingerprint density at radius 3 is 2.33 bits per heavy atom. The van der Waals surface area contributed by atoms with Crippen LogP contribution in [0, 0.1) is 11.8 Å². The van der Waals surface area contributed by atoms with Gasteiger partial charge in [-0.2, -0.15) is 13.2 Å². The van der Waals surface area contributed by atoms with Crippen molar-refractivity contribution in [3.05, 3.63) is 24.3 Å². The maximum atomic E-state index is 12.9. The Hall–Kier alpha value is -2.82. The number of anilines is 1. The molecule has 0 unspecified atom stereocenters. The summed E-state index contributed by atoms with van der Waals surface area (Å²) in [7, 11) is 1.48. The molecule has 2 atom stereocenters. The number of aliphatic carboxylic acids is 1. The summed E-state index contributed by atoms with van der Waals surface area (Å²) in [6.07, 6.45) is -4.68. The van der Waals surface area contributed by atoms with Crippen LogP contribution in [0.2, 0.25) is 0 Å². The number of carboxylic acids is 1. The molecule has 0 aliphatic carbocycles. The molecule has 3 N–H and O–H groups in total. The van der Waals surface area contributed by atoms with Gasteiger partial charge in [0.1, 0.15) is 5.75 Å². The predicted octanol–water partition coefficient (Wildman–Crippen LogP) is 1.54. The topological polar surface area (TPSA) is 108 Å². The first-order chi connectivity index (χ1) is 12.6. The molecule has 0 radical (unpaired) electrons. The highest BCUT2D eigenvalue weighted by molar-refractivity contribution is 6.01. The van der Waals surface area contributed by atoms with Gasteiger partial charge in [-0.3, -0.25) is 19.8 Å². The van der Waals surface area contributed by atoms with Crippen molar-refractivity contribution in [1.29, 1.82) is 0 Å². The fourth-order valence-corrected chi connectivity index (χ4v) is 2.80. The number of halogens is 3. The molecule has 2 rings (SSSR count). The minimum atomic E-state index is -4.68. The third-order valence-electron chi connectivity index (χ3n) is 4.10. The van der Waals surface area contributed by atoms with Gasteiger partial charge in [0.05, 0.1) is 25.5 Å². The van der Waals surface area contributed by atoms with E-state index in [1.165, 1.54) is 19.2 Å². The summed E-state index contributed by atoms with van der Waals surface area (Å²) in [6.45, 7) is -1.56. The van der Waals surface area contributed by atoms with Crippen molar-refractivity contribution in [3.63, 3.8) is 0 Å². The summed E-state index contributed by atoms with van der Waals surface area (Å²) in [5.74, 6) is -5.55. The van der Waals surface area contributed by atoms with E-state index in [1.54, 1.807) is 12.1 Å². The number of hydrogen-bond acceptors (Lipinski definition) is 5. The number of carboxylic acid groups (broad SMARTS) is 1. The number of methoxy groups -OCH3 is 1. The number of nitrogens with one attached hydrogen (secondary N) is 2. The number of hydrogen-bond donors (Lipinski definition) is 3. The van der Waals surface area contributed by atoms with Crippen LogP contribution >= 0.6 is 0 Å². The number of benzene rings is 1. The number of amides is 3. The van der Waals surface area contributed by atoms with Crippen LogP contribution in [-0.4, -0.2) is 60.8 Å². The molecule has 0 saturated carbocycles. The number of likely N-dealkylation sites (tertiary alicyclic amines) is 1. The third-order valence-corrected chi connectivity index (χ3v) is 4.10. The zero-order chi connectivity index (χ0) is 20.2. The average molecular weight is 389 g/mol. The van der Waals surface area contributed by atoms with Crippen molar-refractivity contribution < 1.29 is 37.4 Å². The fourth-order valence-electron chi connectivity index (χ4n) is 2.80. The third kappa shape index (κ3) is 5.58. The second-order valence-electron chi connectivity index (χ2n) is 6.02. The maximum Gasteiger partial charge on any atom is 0.393 e. The summed E-state index contributed by atoms with van der Waals surface area (Å²) in [5.41, 5.74) is 0.380. The van der Waals surface area contributed by atoms with E-state index in [1.807, 2.05) is 5.32 Å². The lowest BCUT2D eigenvalue weighted by atomic mass is 9.96. The van der Waals surface area contributed by atoms with Crippen molar-refractivity contribution in [2.75, 3.05) is 32.1 Å². The van der Waals surface area contributed by atoms with Crippen molar-refractivity contribution in [3.8, 4) is 5.75 Å². The van der Waals surface area contributed by atoms with E-state index in [4.69, 9.17) is 9.84 Å². The number of ether oxygens (including phenoxy) is 1. The average Bonchev–Trinajstić information content (AvgIpc) is 2.99. The maximum absolute atomic E-state index is 12.9. The van der Waals surface area contributed by atoms with E-state index in [9.17, 15) is 27.6 Å². The van der Waals surface area contributed by atoms with Crippen LogP contribution in [-0.2, 0) is 9.59 Å². The first-order valence-electron chi connectivity index (χ1n) is 7.87.